The number of hydrogen-bond acceptors (Lipinski definition) is 4. The predicted octanol–water partition coefficient (Wildman–Crippen LogP) is 4.05. The van der Waals surface area contributed by atoms with Crippen LogP contribution in [0.2, 0.25) is 5.02 Å². The number of ether oxygens (including phenoxy) is 2. The fraction of sp³-hybridized carbons (Fsp3) is 0.222. The van der Waals surface area contributed by atoms with Gasteiger partial charge in [-0.3, -0.25) is 9.59 Å². The zero-order valence-corrected chi connectivity index (χ0v) is 14.5. The molecule has 0 spiro atoms. The van der Waals surface area contributed by atoms with Crippen molar-refractivity contribution in [3.05, 3.63) is 59.1 Å². The smallest absolute Gasteiger partial charge is 0.387 e. The molecule has 1 atom stereocenters. The quantitative estimate of drug-likeness (QED) is 0.732. The Morgan fingerprint density at radius 3 is 2.46 bits per heavy atom. The summed E-state index contributed by atoms with van der Waals surface area (Å²) in [6, 6.07) is 12.8. The molecule has 2 rings (SSSR count). The molecule has 2 aromatic carbocycles. The van der Waals surface area contributed by atoms with E-state index >= 15 is 0 Å². The molecule has 0 radical (unpaired) electrons. The van der Waals surface area contributed by atoms with E-state index in [0.29, 0.717) is 0 Å². The SMILES string of the molecule is CC(OC(=O)Cc1ccccc1)C(=O)Nc1ccc(OC(F)F)c(Cl)c1. The Balaban J connectivity index is 1.90. The molecule has 1 amide bonds. The van der Waals surface area contributed by atoms with Gasteiger partial charge in [0.1, 0.15) is 5.75 Å². The maximum atomic E-state index is 12.2. The molecule has 1 N–H and O–H groups in total. The number of benzene rings is 2. The zero-order valence-electron chi connectivity index (χ0n) is 13.7. The van der Waals surface area contributed by atoms with Crippen molar-refractivity contribution < 1.29 is 27.8 Å². The van der Waals surface area contributed by atoms with Crippen molar-refractivity contribution in [3.8, 4) is 5.75 Å². The molecule has 1 unspecified atom stereocenters. The van der Waals surface area contributed by atoms with Crippen molar-refractivity contribution in [1.82, 2.24) is 0 Å². The van der Waals surface area contributed by atoms with Crippen molar-refractivity contribution in [2.45, 2.75) is 26.1 Å². The molecule has 8 heteroatoms. The van der Waals surface area contributed by atoms with Crippen LogP contribution in [0, 0.1) is 0 Å². The molecule has 0 aliphatic heterocycles. The second-order valence-electron chi connectivity index (χ2n) is 5.31. The fourth-order valence-electron chi connectivity index (χ4n) is 2.07. The van der Waals surface area contributed by atoms with E-state index in [2.05, 4.69) is 10.1 Å². The highest BCUT2D eigenvalue weighted by Gasteiger charge is 2.19. The summed E-state index contributed by atoms with van der Waals surface area (Å²) in [5, 5.41) is 2.40. The van der Waals surface area contributed by atoms with Crippen molar-refractivity contribution in [1.29, 1.82) is 0 Å². The average molecular weight is 384 g/mol. The van der Waals surface area contributed by atoms with Crippen molar-refractivity contribution in [3.63, 3.8) is 0 Å². The summed E-state index contributed by atoms with van der Waals surface area (Å²) >= 11 is 5.82. The summed E-state index contributed by atoms with van der Waals surface area (Å²) in [7, 11) is 0. The molecular weight excluding hydrogens is 368 g/mol. The van der Waals surface area contributed by atoms with E-state index in [4.69, 9.17) is 16.3 Å². The standard InChI is InChI=1S/C18H16ClF2NO4/c1-11(25-16(23)9-12-5-3-2-4-6-12)17(24)22-13-7-8-15(14(19)10-13)26-18(20)21/h2-8,10-11,18H,9H2,1H3,(H,22,24). The normalized spacial score (nSPS) is 11.7. The van der Waals surface area contributed by atoms with Crippen molar-refractivity contribution >= 4 is 29.2 Å². The first kappa shape index (κ1) is 19.7. The van der Waals surface area contributed by atoms with Crippen molar-refractivity contribution in [2.24, 2.45) is 0 Å². The summed E-state index contributed by atoms with van der Waals surface area (Å²) in [4.78, 5) is 24.0. The lowest BCUT2D eigenvalue weighted by molar-refractivity contribution is -0.152. The molecule has 0 saturated carbocycles. The van der Waals surface area contributed by atoms with E-state index in [1.807, 2.05) is 6.07 Å². The van der Waals surface area contributed by atoms with Gasteiger partial charge in [0, 0.05) is 5.69 Å². The van der Waals surface area contributed by atoms with Gasteiger partial charge in [-0.1, -0.05) is 41.9 Å². The van der Waals surface area contributed by atoms with Crippen LogP contribution in [-0.4, -0.2) is 24.6 Å². The molecule has 5 nitrogen and oxygen atoms in total. The van der Waals surface area contributed by atoms with Gasteiger partial charge in [0.25, 0.3) is 5.91 Å². The Morgan fingerprint density at radius 1 is 1.15 bits per heavy atom. The van der Waals surface area contributed by atoms with Gasteiger partial charge in [-0.2, -0.15) is 8.78 Å². The number of hydrogen-bond donors (Lipinski definition) is 1. The molecule has 138 valence electrons. The van der Waals surface area contributed by atoms with Crippen LogP contribution >= 0.6 is 11.6 Å². The van der Waals surface area contributed by atoms with E-state index in [-0.39, 0.29) is 22.9 Å². The summed E-state index contributed by atoms with van der Waals surface area (Å²) < 4.78 is 33.7. The minimum absolute atomic E-state index is 0.0456. The average Bonchev–Trinajstić information content (AvgIpc) is 2.57. The molecule has 26 heavy (non-hydrogen) atoms. The number of rotatable bonds is 7. The van der Waals surface area contributed by atoms with Gasteiger partial charge in [-0.15, -0.1) is 0 Å². The third-order valence-corrected chi connectivity index (χ3v) is 3.58. The minimum Gasteiger partial charge on any atom is -0.452 e. The second-order valence-corrected chi connectivity index (χ2v) is 5.71. The highest BCUT2D eigenvalue weighted by Crippen LogP contribution is 2.29. The number of anilines is 1. The van der Waals surface area contributed by atoms with Crippen LogP contribution in [0.15, 0.2) is 48.5 Å². The second kappa shape index (κ2) is 9.15. The summed E-state index contributed by atoms with van der Waals surface area (Å²) in [6.45, 7) is -1.58. The Hall–Kier alpha value is -2.67. The van der Waals surface area contributed by atoms with Gasteiger partial charge in [-0.25, -0.2) is 0 Å². The number of amides is 1. The van der Waals surface area contributed by atoms with E-state index < -0.39 is 24.6 Å². The largest absolute Gasteiger partial charge is 0.452 e. The molecule has 0 heterocycles. The topological polar surface area (TPSA) is 64.6 Å². The molecule has 0 aliphatic carbocycles. The highest BCUT2D eigenvalue weighted by molar-refractivity contribution is 6.32. The molecule has 0 bridgehead atoms. The molecule has 2 aromatic rings. The predicted molar refractivity (Wildman–Crippen MR) is 92.4 cm³/mol. The van der Waals surface area contributed by atoms with Crippen LogP contribution in [-0.2, 0) is 20.7 Å². The maximum Gasteiger partial charge on any atom is 0.387 e. The van der Waals surface area contributed by atoms with Crippen LogP contribution in [0.5, 0.6) is 5.75 Å². The van der Waals surface area contributed by atoms with E-state index in [9.17, 15) is 18.4 Å². The lowest BCUT2D eigenvalue weighted by Gasteiger charge is -2.14. The molecule has 0 fully saturated rings. The van der Waals surface area contributed by atoms with Gasteiger partial charge in [-0.05, 0) is 30.7 Å². The Bertz CT molecular complexity index is 771. The summed E-state index contributed by atoms with van der Waals surface area (Å²) in [5.41, 5.74) is 1.03. The van der Waals surface area contributed by atoms with Crippen LogP contribution in [0.1, 0.15) is 12.5 Å². The third-order valence-electron chi connectivity index (χ3n) is 3.28. The first-order valence-electron chi connectivity index (χ1n) is 7.64. The lowest BCUT2D eigenvalue weighted by atomic mass is 10.1. The van der Waals surface area contributed by atoms with Crippen molar-refractivity contribution in [2.75, 3.05) is 5.32 Å². The number of nitrogens with one attached hydrogen (secondary N) is 1. The van der Waals surface area contributed by atoms with Gasteiger partial charge in [0.15, 0.2) is 6.10 Å². The molecule has 0 saturated heterocycles. The van der Waals surface area contributed by atoms with Gasteiger partial charge >= 0.3 is 12.6 Å². The van der Waals surface area contributed by atoms with E-state index in [0.717, 1.165) is 5.56 Å². The van der Waals surface area contributed by atoms with Crippen LogP contribution in [0.3, 0.4) is 0 Å². The van der Waals surface area contributed by atoms with Gasteiger partial charge in [0.05, 0.1) is 11.4 Å². The first-order valence-corrected chi connectivity index (χ1v) is 8.01. The van der Waals surface area contributed by atoms with Crippen LogP contribution < -0.4 is 10.1 Å². The molecular formula is C18H16ClF2NO4. The van der Waals surface area contributed by atoms with Crippen LogP contribution in [0.25, 0.3) is 0 Å². The minimum atomic E-state index is -3.00. The van der Waals surface area contributed by atoms with Crippen LogP contribution in [0.4, 0.5) is 14.5 Å². The van der Waals surface area contributed by atoms with Gasteiger partial charge in [0.2, 0.25) is 0 Å². The Labute approximate surface area is 153 Å². The molecule has 0 aromatic heterocycles. The fourth-order valence-corrected chi connectivity index (χ4v) is 2.29. The third kappa shape index (κ3) is 6.00. The number of carbonyl (C=O) groups is 2. The first-order chi connectivity index (χ1) is 12.3. The number of halogens is 3. The van der Waals surface area contributed by atoms with Gasteiger partial charge < -0.3 is 14.8 Å². The Kier molecular flexibility index (Phi) is 6.91. The van der Waals surface area contributed by atoms with E-state index in [1.165, 1.54) is 25.1 Å². The Morgan fingerprint density at radius 2 is 1.85 bits per heavy atom. The molecule has 0 aliphatic rings. The maximum absolute atomic E-state index is 12.2. The summed E-state index contributed by atoms with van der Waals surface area (Å²) in [5.74, 6) is -1.33. The summed E-state index contributed by atoms with van der Waals surface area (Å²) in [6.07, 6.45) is -0.994. The lowest BCUT2D eigenvalue weighted by Crippen LogP contribution is -2.30. The van der Waals surface area contributed by atoms with E-state index in [1.54, 1.807) is 24.3 Å². The number of carbonyl (C=O) groups excluding carboxylic acids is 2. The number of alkyl halides is 2. The highest BCUT2D eigenvalue weighted by atomic mass is 35.5. The zero-order chi connectivity index (χ0) is 19.1. The monoisotopic (exact) mass is 383 g/mol. The number of esters is 1.